The molecule has 6 aromatic rings. The van der Waals surface area contributed by atoms with Gasteiger partial charge in [0.2, 0.25) is 0 Å². The van der Waals surface area contributed by atoms with Crippen molar-refractivity contribution in [2.75, 3.05) is 22.9 Å². The third-order valence-corrected chi connectivity index (χ3v) is 10.5. The number of hydrogen-bond acceptors (Lipinski definition) is 7. The van der Waals surface area contributed by atoms with Crippen molar-refractivity contribution in [2.45, 2.75) is 50.9 Å². The van der Waals surface area contributed by atoms with Gasteiger partial charge in [0, 0.05) is 25.5 Å². The Kier molecular flexibility index (Phi) is 9.17. The molecule has 2 unspecified atom stereocenters. The second-order valence-corrected chi connectivity index (χ2v) is 15.0. The number of halogens is 4. The summed E-state index contributed by atoms with van der Waals surface area (Å²) < 4.78 is 36.9. The molecule has 2 aliphatic rings. The van der Waals surface area contributed by atoms with Crippen LogP contribution < -0.4 is 9.80 Å². The van der Waals surface area contributed by atoms with Crippen LogP contribution in [0.25, 0.3) is 11.4 Å². The van der Waals surface area contributed by atoms with Crippen molar-refractivity contribution in [3.63, 3.8) is 0 Å². The number of carbonyl (C=O) groups is 1. The van der Waals surface area contributed by atoms with E-state index in [2.05, 4.69) is 65.2 Å². The molecular weight excluding hydrogens is 868 g/mol. The normalized spacial score (nSPS) is 15.5. The molecule has 2 aliphatic heterocycles. The number of rotatable bonds is 10. The van der Waals surface area contributed by atoms with E-state index in [1.54, 1.807) is 36.7 Å². The quantitative estimate of drug-likeness (QED) is 0.160. The van der Waals surface area contributed by atoms with E-state index in [9.17, 15) is 8.78 Å². The molecule has 50 heavy (non-hydrogen) atoms. The first kappa shape index (κ1) is 33.0. The Morgan fingerprint density at radius 3 is 1.44 bits per heavy atom. The Morgan fingerprint density at radius 2 is 1.06 bits per heavy atom. The van der Waals surface area contributed by atoms with Gasteiger partial charge in [0.15, 0.2) is 5.78 Å². The lowest BCUT2D eigenvalue weighted by Gasteiger charge is -2.41. The van der Waals surface area contributed by atoms with Crippen LogP contribution in [-0.4, -0.2) is 70.1 Å². The Hall–Kier alpha value is -4.13. The highest BCUT2D eigenvalue weighted by molar-refractivity contribution is 14.1. The predicted octanol–water partition coefficient (Wildman–Crippen LogP) is 5.85. The summed E-state index contributed by atoms with van der Waals surface area (Å²) in [4.78, 5) is 19.8. The number of benzene rings is 2. The van der Waals surface area contributed by atoms with Gasteiger partial charge in [-0.3, -0.25) is 14.2 Å². The minimum absolute atomic E-state index is 0.0331. The van der Waals surface area contributed by atoms with Crippen LogP contribution in [0, 0.1) is 18.8 Å². The van der Waals surface area contributed by atoms with Crippen LogP contribution in [0.1, 0.15) is 24.2 Å². The van der Waals surface area contributed by atoms with Crippen molar-refractivity contribution in [1.29, 1.82) is 0 Å². The number of fused-ring (bicyclic) bond motifs is 2. The zero-order valence-corrected chi connectivity index (χ0v) is 31.1. The number of nitrogens with zero attached hydrogens (tertiary/aromatic N) is 10. The number of anilines is 2. The molecule has 2 atom stereocenters. The number of ketones is 1. The molecule has 2 aromatic carbocycles. The van der Waals surface area contributed by atoms with E-state index in [1.165, 1.54) is 24.3 Å². The fourth-order valence-corrected chi connectivity index (χ4v) is 8.04. The average Bonchev–Trinajstić information content (AvgIpc) is 3.94. The van der Waals surface area contributed by atoms with Gasteiger partial charge in [0.05, 0.1) is 79.2 Å². The monoisotopic (exact) mass is 900 g/mol. The standard InChI is InChI=1S/C35H32F2I2N10O/c36-23-5-9-27(10-6-23)48-29-3-1-13-46(31(29)17-42-48)33(21-44-19-25(38)15-40-44)35(50)34(22-45-20-26(39)16-41-45)47-14-2-4-30-32(47)18-43-49(30)28-11-7-24(37)8-12-28/h5-12,15-20,33-34H,1-4,13-14,21-22H2. The average molecular weight is 901 g/mol. The minimum atomic E-state index is -0.590. The van der Waals surface area contributed by atoms with Crippen molar-refractivity contribution < 1.29 is 13.6 Å². The molecule has 4 aromatic heterocycles. The second-order valence-electron chi connectivity index (χ2n) is 12.5. The first-order chi connectivity index (χ1) is 24.3. The summed E-state index contributed by atoms with van der Waals surface area (Å²) in [5.41, 5.74) is 5.27. The fourth-order valence-electron chi connectivity index (χ4n) is 7.15. The van der Waals surface area contributed by atoms with E-state index in [1.807, 2.05) is 43.5 Å². The summed E-state index contributed by atoms with van der Waals surface area (Å²) in [6.45, 7) is 2.01. The maximum atomic E-state index is 15.4. The van der Waals surface area contributed by atoms with E-state index in [4.69, 9.17) is 10.2 Å². The van der Waals surface area contributed by atoms with Crippen molar-refractivity contribution in [3.8, 4) is 11.4 Å². The lowest BCUT2D eigenvalue weighted by Crippen LogP contribution is -2.56. The van der Waals surface area contributed by atoms with E-state index < -0.39 is 12.1 Å². The topological polar surface area (TPSA) is 94.8 Å². The molecule has 0 aliphatic carbocycles. The molecular formula is C35H32F2I2N10O. The van der Waals surface area contributed by atoms with Crippen LogP contribution in [0.15, 0.2) is 85.7 Å². The highest BCUT2D eigenvalue weighted by Crippen LogP contribution is 2.35. The van der Waals surface area contributed by atoms with Gasteiger partial charge in [-0.25, -0.2) is 18.1 Å². The molecule has 0 spiro atoms. The Bertz CT molecular complexity index is 1990. The van der Waals surface area contributed by atoms with Crippen LogP contribution in [0.3, 0.4) is 0 Å². The summed E-state index contributed by atoms with van der Waals surface area (Å²) in [6, 6.07) is 11.4. The fraction of sp³-hybridized carbons (Fsp3) is 0.286. The highest BCUT2D eigenvalue weighted by atomic mass is 127. The van der Waals surface area contributed by atoms with E-state index in [-0.39, 0.29) is 17.4 Å². The SMILES string of the molecule is O=C(C(Cn1cc(I)cn1)N1CCCc2c1cnn2-c1ccc(F)cc1)C(Cn1cc(I)cn1)N1CCCc2c1cnn2-c1ccc(F)cc1. The second kappa shape index (κ2) is 13.9. The van der Waals surface area contributed by atoms with Gasteiger partial charge in [0.25, 0.3) is 0 Å². The Balaban J connectivity index is 1.20. The maximum absolute atomic E-state index is 15.4. The van der Waals surface area contributed by atoms with Crippen molar-refractivity contribution in [1.82, 2.24) is 39.1 Å². The molecule has 11 nitrogen and oxygen atoms in total. The molecule has 6 heterocycles. The number of Topliss-reactive ketones (excluding diaryl/α,β-unsaturated/α-hetero) is 1. The summed E-state index contributed by atoms with van der Waals surface area (Å²) in [7, 11) is 0. The third kappa shape index (κ3) is 6.44. The number of carbonyl (C=O) groups excluding carboxylic acids is 1. The molecule has 0 bridgehead atoms. The van der Waals surface area contributed by atoms with E-state index in [0.717, 1.165) is 67.0 Å². The first-order valence-electron chi connectivity index (χ1n) is 16.4. The van der Waals surface area contributed by atoms with Crippen molar-refractivity contribution in [3.05, 3.63) is 116 Å². The molecule has 0 radical (unpaired) electrons. The molecule has 8 rings (SSSR count). The molecule has 0 fully saturated rings. The smallest absolute Gasteiger partial charge is 0.181 e. The van der Waals surface area contributed by atoms with Gasteiger partial charge < -0.3 is 9.80 Å². The van der Waals surface area contributed by atoms with E-state index in [0.29, 0.717) is 26.2 Å². The van der Waals surface area contributed by atoms with Crippen molar-refractivity contribution in [2.24, 2.45) is 0 Å². The van der Waals surface area contributed by atoms with E-state index >= 15 is 4.79 Å². The van der Waals surface area contributed by atoms with Crippen LogP contribution in [-0.2, 0) is 30.7 Å². The molecule has 0 saturated heterocycles. The van der Waals surface area contributed by atoms with Gasteiger partial charge in [0.1, 0.15) is 23.7 Å². The summed E-state index contributed by atoms with van der Waals surface area (Å²) in [6.07, 6.45) is 14.3. The Morgan fingerprint density at radius 1 is 0.640 bits per heavy atom. The summed E-state index contributed by atoms with van der Waals surface area (Å²) in [5.74, 6) is -0.582. The van der Waals surface area contributed by atoms with Gasteiger partial charge in [-0.05, 0) is 119 Å². The minimum Gasteiger partial charge on any atom is -0.357 e. The van der Waals surface area contributed by atoms with Gasteiger partial charge in [-0.2, -0.15) is 20.4 Å². The molecule has 0 amide bonds. The van der Waals surface area contributed by atoms with Crippen LogP contribution >= 0.6 is 45.2 Å². The summed E-state index contributed by atoms with van der Waals surface area (Å²) >= 11 is 4.47. The Labute approximate surface area is 314 Å². The maximum Gasteiger partial charge on any atom is 0.181 e. The van der Waals surface area contributed by atoms with Crippen molar-refractivity contribution >= 4 is 62.3 Å². The van der Waals surface area contributed by atoms with Crippen LogP contribution in [0.2, 0.25) is 0 Å². The highest BCUT2D eigenvalue weighted by Gasteiger charge is 2.40. The summed E-state index contributed by atoms with van der Waals surface area (Å²) in [5, 5.41) is 18.6. The number of aromatic nitrogens is 8. The predicted molar refractivity (Wildman–Crippen MR) is 201 cm³/mol. The zero-order chi connectivity index (χ0) is 34.4. The molecule has 256 valence electrons. The third-order valence-electron chi connectivity index (χ3n) is 9.41. The molecule has 0 N–H and O–H groups in total. The van der Waals surface area contributed by atoms with Gasteiger partial charge >= 0.3 is 0 Å². The zero-order valence-electron chi connectivity index (χ0n) is 26.8. The first-order valence-corrected chi connectivity index (χ1v) is 18.6. The van der Waals surface area contributed by atoms with Crippen LogP contribution in [0.5, 0.6) is 0 Å². The lowest BCUT2D eigenvalue weighted by molar-refractivity contribution is -0.122. The molecule has 15 heteroatoms. The van der Waals surface area contributed by atoms with Crippen LogP contribution in [0.4, 0.5) is 20.2 Å². The largest absolute Gasteiger partial charge is 0.357 e. The van der Waals surface area contributed by atoms with Gasteiger partial charge in [-0.15, -0.1) is 0 Å². The lowest BCUT2D eigenvalue weighted by atomic mass is 9.96. The number of hydrogen-bond donors (Lipinski definition) is 0. The molecule has 0 saturated carbocycles. The van der Waals surface area contributed by atoms with Gasteiger partial charge in [-0.1, -0.05) is 0 Å².